The molecule has 21 heavy (non-hydrogen) atoms. The van der Waals surface area contributed by atoms with Crippen LogP contribution in [0.4, 0.5) is 18.3 Å². The third-order valence-corrected chi connectivity index (χ3v) is 6.50. The van der Waals surface area contributed by atoms with E-state index in [1.807, 2.05) is 0 Å². The zero-order valence-electron chi connectivity index (χ0n) is 11.8. The zero-order chi connectivity index (χ0) is 16.6. The molecule has 1 aromatic rings. The molecule has 0 saturated carbocycles. The average Bonchev–Trinajstić information content (AvgIpc) is 2.76. The van der Waals surface area contributed by atoms with Crippen molar-refractivity contribution in [2.45, 2.75) is 43.9 Å². The van der Waals surface area contributed by atoms with Gasteiger partial charge in [-0.15, -0.1) is 11.3 Å². The van der Waals surface area contributed by atoms with E-state index in [1.165, 1.54) is 27.7 Å². The maximum absolute atomic E-state index is 12.4. The summed E-state index contributed by atoms with van der Waals surface area (Å²) in [6.45, 7) is 5.26. The van der Waals surface area contributed by atoms with Gasteiger partial charge >= 0.3 is 6.18 Å². The summed E-state index contributed by atoms with van der Waals surface area (Å²) in [6, 6.07) is 0. The van der Waals surface area contributed by atoms with Crippen molar-refractivity contribution in [3.63, 3.8) is 0 Å². The van der Waals surface area contributed by atoms with E-state index in [-0.39, 0.29) is 5.13 Å². The van der Waals surface area contributed by atoms with Gasteiger partial charge in [-0.2, -0.15) is 13.2 Å². The molecule has 0 spiro atoms. The molecule has 0 unspecified atom stereocenters. The second kappa shape index (κ2) is 5.56. The van der Waals surface area contributed by atoms with Gasteiger partial charge in [0, 0.05) is 5.38 Å². The molecule has 0 atom stereocenters. The molecule has 0 saturated heterocycles. The van der Waals surface area contributed by atoms with Crippen LogP contribution in [-0.4, -0.2) is 29.3 Å². The van der Waals surface area contributed by atoms with Gasteiger partial charge in [0.2, 0.25) is 5.91 Å². The minimum absolute atomic E-state index is 0.292. The first-order valence-electron chi connectivity index (χ1n) is 5.87. The Morgan fingerprint density at radius 2 is 1.86 bits per heavy atom. The number of amides is 1. The first-order valence-corrected chi connectivity index (χ1v) is 8.30. The maximum Gasteiger partial charge on any atom is 0.434 e. The number of anilines is 1. The molecule has 0 aromatic carbocycles. The largest absolute Gasteiger partial charge is 0.434 e. The fourth-order valence-electron chi connectivity index (χ4n) is 1.43. The minimum atomic E-state index is -4.61. The number of nitrogens with one attached hydrogen (secondary N) is 1. The summed E-state index contributed by atoms with van der Waals surface area (Å²) in [5, 5.41) is 1.79. The Balaban J connectivity index is 2.99. The normalized spacial score (nSPS) is 13.5. The zero-order valence-corrected chi connectivity index (χ0v) is 13.4. The van der Waals surface area contributed by atoms with Crippen LogP contribution in [0.15, 0.2) is 5.38 Å². The number of halogens is 3. The Bertz CT molecular complexity index is 633. The van der Waals surface area contributed by atoms with E-state index in [0.717, 1.165) is 5.38 Å². The van der Waals surface area contributed by atoms with Crippen molar-refractivity contribution in [2.75, 3.05) is 5.32 Å². The number of carbonyl (C=O) groups is 1. The monoisotopic (exact) mass is 344 g/mol. The highest BCUT2D eigenvalue weighted by Gasteiger charge is 2.44. The summed E-state index contributed by atoms with van der Waals surface area (Å²) in [5.41, 5.74) is -1.13. The summed E-state index contributed by atoms with van der Waals surface area (Å²) in [5.74, 6) is -0.917. The van der Waals surface area contributed by atoms with E-state index in [0.29, 0.717) is 11.3 Å². The number of thiazole rings is 1. The van der Waals surface area contributed by atoms with Crippen LogP contribution in [0.25, 0.3) is 0 Å². The van der Waals surface area contributed by atoms with E-state index < -0.39 is 37.6 Å². The van der Waals surface area contributed by atoms with Gasteiger partial charge in [-0.25, -0.2) is 13.4 Å². The number of sulfone groups is 1. The second-order valence-corrected chi connectivity index (χ2v) is 9.01. The summed E-state index contributed by atoms with van der Waals surface area (Å²) in [6.07, 6.45) is -4.61. The van der Waals surface area contributed by atoms with E-state index in [2.05, 4.69) is 10.3 Å². The van der Waals surface area contributed by atoms with Gasteiger partial charge in [-0.1, -0.05) is 0 Å². The van der Waals surface area contributed by atoms with Gasteiger partial charge in [-0.3, -0.25) is 4.79 Å². The molecule has 1 amide bonds. The van der Waals surface area contributed by atoms with E-state index in [1.54, 1.807) is 0 Å². The van der Waals surface area contributed by atoms with Crippen LogP contribution >= 0.6 is 11.3 Å². The molecule has 0 aliphatic carbocycles. The molecule has 5 nitrogen and oxygen atoms in total. The lowest BCUT2D eigenvalue weighted by molar-refractivity contribution is -0.140. The van der Waals surface area contributed by atoms with Crippen molar-refractivity contribution in [1.82, 2.24) is 4.98 Å². The lowest BCUT2D eigenvalue weighted by Gasteiger charge is -2.25. The Morgan fingerprint density at radius 1 is 1.33 bits per heavy atom. The Labute approximate surface area is 124 Å². The van der Waals surface area contributed by atoms with Gasteiger partial charge < -0.3 is 5.32 Å². The van der Waals surface area contributed by atoms with E-state index in [9.17, 15) is 26.4 Å². The number of carbonyl (C=O) groups excluding carboxylic acids is 1. The molecule has 0 bridgehead atoms. The van der Waals surface area contributed by atoms with Gasteiger partial charge in [-0.05, 0) is 27.7 Å². The molecular weight excluding hydrogens is 329 g/mol. The van der Waals surface area contributed by atoms with Crippen LogP contribution in [-0.2, 0) is 20.8 Å². The first kappa shape index (κ1) is 17.9. The van der Waals surface area contributed by atoms with Crippen molar-refractivity contribution >= 4 is 32.2 Å². The highest BCUT2D eigenvalue weighted by molar-refractivity contribution is 7.94. The van der Waals surface area contributed by atoms with Crippen molar-refractivity contribution in [1.29, 1.82) is 0 Å². The van der Waals surface area contributed by atoms with Gasteiger partial charge in [0.05, 0.1) is 5.25 Å². The standard InChI is InChI=1S/C11H15F3N2O3S2/c1-6(2)21(18,19)10(3,4)8(17)16-9-15-7(5-20-9)11(12,13)14/h5-6H,1-4H3,(H,15,16,17). The average molecular weight is 344 g/mol. The van der Waals surface area contributed by atoms with Crippen LogP contribution in [0.5, 0.6) is 0 Å². The van der Waals surface area contributed by atoms with Crippen LogP contribution in [0, 0.1) is 0 Å². The molecule has 0 fully saturated rings. The van der Waals surface area contributed by atoms with Gasteiger partial charge in [0.25, 0.3) is 0 Å². The smallest absolute Gasteiger partial charge is 0.301 e. The van der Waals surface area contributed by atoms with Gasteiger partial charge in [0.15, 0.2) is 20.7 Å². The fourth-order valence-corrected chi connectivity index (χ4v) is 3.63. The summed E-state index contributed by atoms with van der Waals surface area (Å²) in [7, 11) is -3.77. The molecule has 1 aromatic heterocycles. The quantitative estimate of drug-likeness (QED) is 0.911. The number of nitrogens with zero attached hydrogens (tertiary/aromatic N) is 1. The molecule has 0 radical (unpaired) electrons. The number of alkyl halides is 3. The fraction of sp³-hybridized carbons (Fsp3) is 0.636. The Kier molecular flexibility index (Phi) is 4.74. The van der Waals surface area contributed by atoms with E-state index >= 15 is 0 Å². The lowest BCUT2D eigenvalue weighted by Crippen LogP contribution is -2.47. The molecule has 1 rings (SSSR count). The summed E-state index contributed by atoms with van der Waals surface area (Å²) < 4.78 is 59.6. The first-order chi connectivity index (χ1) is 9.30. The highest BCUT2D eigenvalue weighted by Crippen LogP contribution is 2.32. The van der Waals surface area contributed by atoms with Crippen LogP contribution in [0.1, 0.15) is 33.4 Å². The van der Waals surface area contributed by atoms with Crippen molar-refractivity contribution < 1.29 is 26.4 Å². The number of rotatable bonds is 4. The van der Waals surface area contributed by atoms with Crippen LogP contribution in [0.3, 0.4) is 0 Å². The number of hydrogen-bond donors (Lipinski definition) is 1. The molecule has 120 valence electrons. The van der Waals surface area contributed by atoms with E-state index in [4.69, 9.17) is 0 Å². The van der Waals surface area contributed by atoms with Crippen LogP contribution < -0.4 is 5.32 Å². The second-order valence-electron chi connectivity index (χ2n) is 5.09. The topological polar surface area (TPSA) is 76.1 Å². The predicted molar refractivity (Wildman–Crippen MR) is 73.9 cm³/mol. The van der Waals surface area contributed by atoms with Crippen molar-refractivity contribution in [3.8, 4) is 0 Å². The molecule has 1 N–H and O–H groups in total. The Hall–Kier alpha value is -1.16. The SMILES string of the molecule is CC(C)S(=O)(=O)C(C)(C)C(=O)Nc1nc(C(F)(F)F)cs1. The molecule has 0 aliphatic rings. The Morgan fingerprint density at radius 3 is 2.24 bits per heavy atom. The van der Waals surface area contributed by atoms with Crippen LogP contribution in [0.2, 0.25) is 0 Å². The van der Waals surface area contributed by atoms with Crippen molar-refractivity contribution in [3.05, 3.63) is 11.1 Å². The lowest BCUT2D eigenvalue weighted by atomic mass is 10.2. The number of hydrogen-bond acceptors (Lipinski definition) is 5. The molecule has 10 heteroatoms. The summed E-state index contributed by atoms with van der Waals surface area (Å²) in [4.78, 5) is 15.3. The predicted octanol–water partition coefficient (Wildman–Crippen LogP) is 2.70. The summed E-state index contributed by atoms with van der Waals surface area (Å²) >= 11 is 0.582. The van der Waals surface area contributed by atoms with Gasteiger partial charge in [0.1, 0.15) is 4.75 Å². The third kappa shape index (κ3) is 3.54. The minimum Gasteiger partial charge on any atom is -0.301 e. The molecule has 0 aliphatic heterocycles. The maximum atomic E-state index is 12.4. The van der Waals surface area contributed by atoms with Crippen molar-refractivity contribution in [2.24, 2.45) is 0 Å². The molecule has 1 heterocycles. The highest BCUT2D eigenvalue weighted by atomic mass is 32.2. The third-order valence-electron chi connectivity index (χ3n) is 2.89. The molecular formula is C11H15F3N2O3S2. The number of aromatic nitrogens is 1.